The summed E-state index contributed by atoms with van der Waals surface area (Å²) >= 11 is 0. The molecule has 3 heterocycles. The molecule has 0 radical (unpaired) electrons. The quantitative estimate of drug-likeness (QED) is 0.108. The summed E-state index contributed by atoms with van der Waals surface area (Å²) in [7, 11) is 0. The van der Waals surface area contributed by atoms with E-state index in [2.05, 4.69) is 397 Å². The third kappa shape index (κ3) is 10.3. The minimum absolute atomic E-state index is 0.345. The molecule has 0 saturated heterocycles. The fraction of sp³-hybridized carbons (Fsp3) is 0.109. The van der Waals surface area contributed by atoms with Gasteiger partial charge in [0.15, 0.2) is 0 Å². The lowest BCUT2D eigenvalue weighted by atomic mass is 9.33. The molecule has 0 fully saturated rings. The van der Waals surface area contributed by atoms with Crippen LogP contribution in [-0.2, 0) is 10.8 Å². The second-order valence-corrected chi connectivity index (χ2v) is 30.8. The SMILES string of the molecule is Cc1cccc(C)c1B(c1c(C)cccc1C)c1c(-n2c3ccc(-c4ccccc4)cc3c3cc(-c4ccccc4)ccc32)c(-n2c3ccc(-c4ccccc4)cc3c3cc(-c4ccccc4)ccc32)c2c(c1-n1c3ccc(-c4ccccc4)cc3c3cc(-c4ccccc4)ccc31)C(C)(C)CC2(C)C. The predicted octanol–water partition coefficient (Wildman–Crippen LogP) is 24.7. The minimum atomic E-state index is -0.417. The van der Waals surface area contributed by atoms with Crippen molar-refractivity contribution in [2.24, 2.45) is 0 Å². The van der Waals surface area contributed by atoms with E-state index < -0.39 is 10.8 Å². The van der Waals surface area contributed by atoms with Gasteiger partial charge in [-0.3, -0.25) is 0 Å². The van der Waals surface area contributed by atoms with Crippen molar-refractivity contribution in [2.75, 3.05) is 0 Å². The molecule has 1 aliphatic carbocycles. The average Bonchev–Trinajstić information content (AvgIpc) is 1.53. The molecule has 18 aromatic rings. The standard InChI is InChI=1S/C101H80BN3/c1-64-29-27-30-65(2)94(64)102(95-66(3)31-28-32-67(95)4)96-97(103-86-51-45-74(68-33-15-9-16-34-68)57-80(86)81-58-75(46-52-87(81)103)69-35-17-10-18-36-69)92-93(101(7,8)63-100(92,5)6)98(104-88-53-47-76(70-37-19-11-20-38-70)59-82(88)83-60-77(48-54-89(83)104)71-39-21-12-22-40-71)99(96)105-90-55-49-78(72-41-23-13-24-42-72)61-84(90)85-62-79(50-56-91(85)105)73-43-25-14-26-44-73/h9-62H,63H2,1-8H3. The molecule has 0 unspecified atom stereocenters. The third-order valence-corrected chi connectivity index (χ3v) is 23.3. The highest BCUT2D eigenvalue weighted by Gasteiger charge is 2.51. The van der Waals surface area contributed by atoms with Crippen LogP contribution in [0.15, 0.2) is 328 Å². The molecule has 1 aliphatic rings. The Kier molecular flexibility index (Phi) is 15.0. The minimum Gasteiger partial charge on any atom is -0.309 e. The van der Waals surface area contributed by atoms with Crippen LogP contribution in [0.1, 0.15) is 67.5 Å². The van der Waals surface area contributed by atoms with Crippen LogP contribution >= 0.6 is 0 Å². The van der Waals surface area contributed by atoms with Crippen LogP contribution in [0.3, 0.4) is 0 Å². The molecular weight excluding hydrogens is 1270 g/mol. The van der Waals surface area contributed by atoms with Crippen molar-refractivity contribution in [1.82, 2.24) is 13.7 Å². The van der Waals surface area contributed by atoms with Crippen molar-refractivity contribution in [1.29, 1.82) is 0 Å². The summed E-state index contributed by atoms with van der Waals surface area (Å²) in [5.41, 5.74) is 35.6. The first-order valence-corrected chi connectivity index (χ1v) is 37.2. The molecule has 3 aromatic heterocycles. The highest BCUT2D eigenvalue weighted by molar-refractivity contribution is 6.98. The van der Waals surface area contributed by atoms with Gasteiger partial charge in [0, 0.05) is 38.0 Å². The van der Waals surface area contributed by atoms with E-state index in [1.807, 2.05) is 0 Å². The van der Waals surface area contributed by atoms with Gasteiger partial charge >= 0.3 is 0 Å². The molecule has 0 bridgehead atoms. The molecule has 0 saturated carbocycles. The Bertz CT molecular complexity index is 6110. The smallest absolute Gasteiger partial charge is 0.248 e. The van der Waals surface area contributed by atoms with Crippen molar-refractivity contribution in [3.63, 3.8) is 0 Å². The van der Waals surface area contributed by atoms with E-state index in [-0.39, 0.29) is 6.71 Å². The molecule has 0 spiro atoms. The summed E-state index contributed by atoms with van der Waals surface area (Å²) in [6.07, 6.45) is 0.893. The Hall–Kier alpha value is -12.2. The molecule has 19 rings (SSSR count). The summed E-state index contributed by atoms with van der Waals surface area (Å²) in [6.45, 7) is 19.4. The summed E-state index contributed by atoms with van der Waals surface area (Å²) in [5.74, 6) is 0. The van der Waals surface area contributed by atoms with Gasteiger partial charge in [0.25, 0.3) is 0 Å². The highest BCUT2D eigenvalue weighted by Crippen LogP contribution is 2.58. The van der Waals surface area contributed by atoms with E-state index in [4.69, 9.17) is 0 Å². The number of aryl methyl sites for hydroxylation is 4. The molecule has 15 aromatic carbocycles. The Morgan fingerprint density at radius 1 is 0.219 bits per heavy atom. The van der Waals surface area contributed by atoms with E-state index in [0.717, 1.165) is 28.5 Å². The lowest BCUT2D eigenvalue weighted by molar-refractivity contribution is 0.402. The average molecular weight is 1350 g/mol. The summed E-state index contributed by atoms with van der Waals surface area (Å²) in [6, 6.07) is 124. The first-order valence-electron chi connectivity index (χ1n) is 37.2. The second-order valence-electron chi connectivity index (χ2n) is 30.8. The summed E-state index contributed by atoms with van der Waals surface area (Å²) in [4.78, 5) is 0. The van der Waals surface area contributed by atoms with Crippen LogP contribution in [0.4, 0.5) is 0 Å². The van der Waals surface area contributed by atoms with Crippen LogP contribution in [0.25, 0.3) is 149 Å². The van der Waals surface area contributed by atoms with Crippen LogP contribution in [0.2, 0.25) is 0 Å². The summed E-state index contributed by atoms with van der Waals surface area (Å²) < 4.78 is 8.33. The number of nitrogens with zero attached hydrogens (tertiary/aromatic N) is 3. The largest absolute Gasteiger partial charge is 0.309 e. The lowest BCUT2D eigenvalue weighted by Gasteiger charge is -2.36. The van der Waals surface area contributed by atoms with Crippen molar-refractivity contribution >= 4 is 88.5 Å². The molecule has 4 heteroatoms. The maximum absolute atomic E-state index is 2.78. The number of aromatic nitrogens is 3. The number of hydrogen-bond donors (Lipinski definition) is 0. The zero-order chi connectivity index (χ0) is 71.0. The number of benzene rings is 15. The van der Waals surface area contributed by atoms with Gasteiger partial charge in [-0.1, -0.05) is 316 Å². The van der Waals surface area contributed by atoms with Gasteiger partial charge < -0.3 is 13.7 Å². The van der Waals surface area contributed by atoms with E-state index in [1.165, 1.54) is 177 Å². The van der Waals surface area contributed by atoms with Crippen LogP contribution < -0.4 is 16.4 Å². The normalized spacial score (nSPS) is 13.3. The Labute approximate surface area is 615 Å². The van der Waals surface area contributed by atoms with E-state index >= 15 is 0 Å². The van der Waals surface area contributed by atoms with Gasteiger partial charge in [0.2, 0.25) is 6.71 Å². The van der Waals surface area contributed by atoms with Crippen molar-refractivity contribution in [3.8, 4) is 83.8 Å². The van der Waals surface area contributed by atoms with Crippen LogP contribution in [0.5, 0.6) is 0 Å². The highest BCUT2D eigenvalue weighted by atomic mass is 15.1. The molecular formula is C101H80BN3. The molecule has 3 nitrogen and oxygen atoms in total. The first kappa shape index (κ1) is 63.7. The molecule has 0 atom stereocenters. The van der Waals surface area contributed by atoms with Crippen molar-refractivity contribution < 1.29 is 0 Å². The van der Waals surface area contributed by atoms with E-state index in [0.29, 0.717) is 0 Å². The van der Waals surface area contributed by atoms with Crippen LogP contribution in [-0.4, -0.2) is 20.4 Å². The first-order chi connectivity index (χ1) is 51.3. The van der Waals surface area contributed by atoms with E-state index in [9.17, 15) is 0 Å². The predicted molar refractivity (Wildman–Crippen MR) is 449 cm³/mol. The Morgan fingerprint density at radius 2 is 0.438 bits per heavy atom. The molecule has 502 valence electrons. The van der Waals surface area contributed by atoms with Crippen molar-refractivity contribution in [3.05, 3.63) is 361 Å². The molecule has 0 N–H and O–H groups in total. The van der Waals surface area contributed by atoms with Gasteiger partial charge in [-0.25, -0.2) is 0 Å². The topological polar surface area (TPSA) is 14.8 Å². The maximum Gasteiger partial charge on any atom is 0.248 e. The Morgan fingerprint density at radius 3 is 0.686 bits per heavy atom. The van der Waals surface area contributed by atoms with Gasteiger partial charge in [-0.15, -0.1) is 0 Å². The third-order valence-electron chi connectivity index (χ3n) is 23.3. The maximum atomic E-state index is 2.78. The molecule has 105 heavy (non-hydrogen) atoms. The second kappa shape index (κ2) is 24.8. The molecule has 0 aliphatic heterocycles. The van der Waals surface area contributed by atoms with Gasteiger partial charge in [0.1, 0.15) is 0 Å². The van der Waals surface area contributed by atoms with E-state index in [1.54, 1.807) is 0 Å². The van der Waals surface area contributed by atoms with Gasteiger partial charge in [0.05, 0.1) is 44.5 Å². The monoisotopic (exact) mass is 1350 g/mol. The zero-order valence-corrected chi connectivity index (χ0v) is 60.8. The molecule has 0 amide bonds. The van der Waals surface area contributed by atoms with Gasteiger partial charge in [-0.2, -0.15) is 0 Å². The lowest BCUT2D eigenvalue weighted by Crippen LogP contribution is -2.58. The van der Waals surface area contributed by atoms with Gasteiger partial charge in [-0.05, 0) is 201 Å². The number of rotatable bonds is 12. The fourth-order valence-electron chi connectivity index (χ4n) is 18.9. The van der Waals surface area contributed by atoms with Crippen molar-refractivity contribution in [2.45, 2.75) is 72.6 Å². The van der Waals surface area contributed by atoms with Crippen LogP contribution in [0, 0.1) is 27.7 Å². The number of fused-ring (bicyclic) bond motifs is 10. The summed E-state index contributed by atoms with van der Waals surface area (Å²) in [5, 5.41) is 7.23. The number of hydrogen-bond acceptors (Lipinski definition) is 0. The fourth-order valence-corrected chi connectivity index (χ4v) is 18.9. The Balaban J connectivity index is 1.10. The zero-order valence-electron chi connectivity index (χ0n) is 60.8.